The quantitative estimate of drug-likeness (QED) is 0.896. The Morgan fingerprint density at radius 1 is 1.25 bits per heavy atom. The van der Waals surface area contributed by atoms with Crippen LogP contribution < -0.4 is 5.73 Å². The van der Waals surface area contributed by atoms with E-state index in [9.17, 15) is 0 Å². The molecule has 0 bridgehead atoms. The highest BCUT2D eigenvalue weighted by molar-refractivity contribution is 5.29. The van der Waals surface area contributed by atoms with Gasteiger partial charge >= 0.3 is 0 Å². The summed E-state index contributed by atoms with van der Waals surface area (Å²) in [6.45, 7) is 7.88. The number of fused-ring (bicyclic) bond motifs is 1. The van der Waals surface area contributed by atoms with Crippen LogP contribution in [0.1, 0.15) is 44.2 Å². The van der Waals surface area contributed by atoms with Crippen LogP contribution in [0.4, 0.5) is 0 Å². The summed E-state index contributed by atoms with van der Waals surface area (Å²) in [6, 6.07) is 8.91. The molecule has 1 heterocycles. The molecule has 1 fully saturated rings. The third-order valence-electron chi connectivity index (χ3n) is 5.86. The van der Waals surface area contributed by atoms with Gasteiger partial charge in [-0.25, -0.2) is 0 Å². The molecule has 2 N–H and O–H groups in total. The molecule has 1 aromatic rings. The predicted molar refractivity (Wildman–Crippen MR) is 84.5 cm³/mol. The first-order valence-corrected chi connectivity index (χ1v) is 8.17. The van der Waals surface area contributed by atoms with Gasteiger partial charge in [-0.3, -0.25) is 4.90 Å². The van der Waals surface area contributed by atoms with E-state index in [4.69, 9.17) is 5.73 Å². The van der Waals surface area contributed by atoms with Crippen molar-refractivity contribution in [3.63, 3.8) is 0 Å². The number of hydrogen-bond donors (Lipinski definition) is 1. The fraction of sp³-hybridized carbons (Fsp3) is 0.667. The maximum absolute atomic E-state index is 6.28. The minimum absolute atomic E-state index is 0.236. The van der Waals surface area contributed by atoms with Crippen molar-refractivity contribution in [3.05, 3.63) is 35.4 Å². The zero-order valence-electron chi connectivity index (χ0n) is 12.9. The van der Waals surface area contributed by atoms with Crippen LogP contribution in [-0.2, 0) is 13.0 Å². The maximum atomic E-state index is 6.28. The van der Waals surface area contributed by atoms with Crippen LogP contribution in [0.3, 0.4) is 0 Å². The third-order valence-corrected chi connectivity index (χ3v) is 5.86. The van der Waals surface area contributed by atoms with E-state index in [0.29, 0.717) is 5.92 Å². The number of nitrogens with two attached hydrogens (primary N) is 1. The van der Waals surface area contributed by atoms with E-state index in [0.717, 1.165) is 19.0 Å². The molecular weight excluding hydrogens is 244 g/mol. The molecule has 2 nitrogen and oxygen atoms in total. The number of rotatable bonds is 2. The first kappa shape index (κ1) is 14.1. The second-order valence-electron chi connectivity index (χ2n) is 7.03. The average Bonchev–Trinajstić information content (AvgIpc) is 2.47. The Morgan fingerprint density at radius 3 is 2.70 bits per heavy atom. The molecule has 0 radical (unpaired) electrons. The molecule has 2 aliphatic rings. The Labute approximate surface area is 123 Å². The minimum atomic E-state index is 0.236. The maximum Gasteiger partial charge on any atom is 0.0361 e. The van der Waals surface area contributed by atoms with Gasteiger partial charge < -0.3 is 5.73 Å². The molecule has 0 aromatic heterocycles. The van der Waals surface area contributed by atoms with Crippen LogP contribution in [0, 0.1) is 11.8 Å². The molecule has 110 valence electrons. The van der Waals surface area contributed by atoms with Gasteiger partial charge in [-0.15, -0.1) is 0 Å². The molecule has 3 atom stereocenters. The van der Waals surface area contributed by atoms with E-state index in [1.54, 1.807) is 0 Å². The van der Waals surface area contributed by atoms with Crippen LogP contribution in [0.15, 0.2) is 24.3 Å². The molecule has 1 aliphatic carbocycles. The Balaban J connectivity index is 1.84. The van der Waals surface area contributed by atoms with Gasteiger partial charge in [0.05, 0.1) is 0 Å². The van der Waals surface area contributed by atoms with E-state index in [1.165, 1.54) is 43.4 Å². The standard InChI is InChI=1S/C18H28N2/c1-14-7-9-18(13-19,15(2)11-14)20-10-8-16-5-3-4-6-17(16)12-20/h3-6,14-15H,7-13,19H2,1-2H3. The van der Waals surface area contributed by atoms with Crippen molar-refractivity contribution in [2.45, 2.75) is 51.6 Å². The van der Waals surface area contributed by atoms with Gasteiger partial charge in [-0.05, 0) is 48.6 Å². The van der Waals surface area contributed by atoms with E-state index in [-0.39, 0.29) is 5.54 Å². The molecule has 2 heteroatoms. The molecule has 1 aromatic carbocycles. The molecule has 1 saturated carbocycles. The number of nitrogens with zero attached hydrogens (tertiary/aromatic N) is 1. The monoisotopic (exact) mass is 272 g/mol. The minimum Gasteiger partial charge on any atom is -0.329 e. The second-order valence-corrected chi connectivity index (χ2v) is 7.03. The van der Waals surface area contributed by atoms with Crippen molar-refractivity contribution < 1.29 is 0 Å². The summed E-state index contributed by atoms with van der Waals surface area (Å²) in [5, 5.41) is 0. The SMILES string of the molecule is CC1CCC(CN)(N2CCc3ccccc3C2)C(C)C1. The van der Waals surface area contributed by atoms with Gasteiger partial charge in [0.15, 0.2) is 0 Å². The van der Waals surface area contributed by atoms with E-state index < -0.39 is 0 Å². The highest BCUT2D eigenvalue weighted by Crippen LogP contribution is 2.42. The van der Waals surface area contributed by atoms with Crippen molar-refractivity contribution in [3.8, 4) is 0 Å². The Bertz CT molecular complexity index is 470. The van der Waals surface area contributed by atoms with Crippen molar-refractivity contribution in [2.75, 3.05) is 13.1 Å². The molecule has 0 saturated heterocycles. The lowest BCUT2D eigenvalue weighted by Crippen LogP contribution is -2.60. The Hall–Kier alpha value is -0.860. The first-order valence-electron chi connectivity index (χ1n) is 8.17. The zero-order valence-corrected chi connectivity index (χ0v) is 12.9. The first-order chi connectivity index (χ1) is 9.65. The smallest absolute Gasteiger partial charge is 0.0361 e. The number of benzene rings is 1. The normalized spacial score (nSPS) is 34.8. The van der Waals surface area contributed by atoms with Crippen molar-refractivity contribution in [2.24, 2.45) is 17.6 Å². The largest absolute Gasteiger partial charge is 0.329 e. The van der Waals surface area contributed by atoms with Gasteiger partial charge in [-0.1, -0.05) is 38.1 Å². The second kappa shape index (κ2) is 5.50. The van der Waals surface area contributed by atoms with E-state index in [1.807, 2.05) is 0 Å². The molecule has 20 heavy (non-hydrogen) atoms. The molecular formula is C18H28N2. The van der Waals surface area contributed by atoms with Crippen LogP contribution in [-0.4, -0.2) is 23.5 Å². The summed E-state index contributed by atoms with van der Waals surface area (Å²) >= 11 is 0. The van der Waals surface area contributed by atoms with Crippen LogP contribution in [0.2, 0.25) is 0 Å². The molecule has 1 aliphatic heterocycles. The van der Waals surface area contributed by atoms with Crippen molar-refractivity contribution in [1.82, 2.24) is 4.90 Å². The van der Waals surface area contributed by atoms with Gasteiger partial charge in [-0.2, -0.15) is 0 Å². The average molecular weight is 272 g/mol. The highest BCUT2D eigenvalue weighted by Gasteiger charge is 2.44. The fourth-order valence-electron chi connectivity index (χ4n) is 4.46. The molecule has 0 amide bonds. The van der Waals surface area contributed by atoms with E-state index >= 15 is 0 Å². The summed E-state index contributed by atoms with van der Waals surface area (Å²) in [7, 11) is 0. The fourth-order valence-corrected chi connectivity index (χ4v) is 4.46. The summed E-state index contributed by atoms with van der Waals surface area (Å²) in [4.78, 5) is 2.70. The molecule has 0 spiro atoms. The van der Waals surface area contributed by atoms with E-state index in [2.05, 4.69) is 43.0 Å². The lowest BCUT2D eigenvalue weighted by molar-refractivity contribution is -0.00970. The van der Waals surface area contributed by atoms with Crippen LogP contribution in [0.5, 0.6) is 0 Å². The van der Waals surface area contributed by atoms with Crippen molar-refractivity contribution >= 4 is 0 Å². The third kappa shape index (κ3) is 2.29. The topological polar surface area (TPSA) is 29.3 Å². The predicted octanol–water partition coefficient (Wildman–Crippen LogP) is 3.20. The summed E-state index contributed by atoms with van der Waals surface area (Å²) in [5.41, 5.74) is 9.57. The lowest BCUT2D eigenvalue weighted by atomic mass is 9.68. The van der Waals surface area contributed by atoms with Crippen LogP contribution in [0.25, 0.3) is 0 Å². The summed E-state index contributed by atoms with van der Waals surface area (Å²) < 4.78 is 0. The van der Waals surface area contributed by atoms with Gasteiger partial charge in [0.2, 0.25) is 0 Å². The number of hydrogen-bond acceptors (Lipinski definition) is 2. The highest BCUT2D eigenvalue weighted by atomic mass is 15.2. The summed E-state index contributed by atoms with van der Waals surface area (Å²) in [6.07, 6.45) is 5.11. The van der Waals surface area contributed by atoms with Crippen molar-refractivity contribution in [1.29, 1.82) is 0 Å². The van der Waals surface area contributed by atoms with Crippen LogP contribution >= 0.6 is 0 Å². The molecule has 3 unspecified atom stereocenters. The summed E-state index contributed by atoms with van der Waals surface area (Å²) in [5.74, 6) is 1.57. The van der Waals surface area contributed by atoms with Gasteiger partial charge in [0.1, 0.15) is 0 Å². The lowest BCUT2D eigenvalue weighted by Gasteiger charge is -2.52. The van der Waals surface area contributed by atoms with Gasteiger partial charge in [0, 0.05) is 25.2 Å². The van der Waals surface area contributed by atoms with Gasteiger partial charge in [0.25, 0.3) is 0 Å². The molecule has 3 rings (SSSR count). The Morgan fingerprint density at radius 2 is 2.00 bits per heavy atom. The Kier molecular flexibility index (Phi) is 3.87. The zero-order chi connectivity index (χ0) is 14.2.